The van der Waals surface area contributed by atoms with E-state index in [9.17, 15) is 4.79 Å². The minimum Gasteiger partial charge on any atom is -0.330 e. The highest BCUT2D eigenvalue weighted by atomic mass is 79.9. The molecule has 0 bridgehead atoms. The molecule has 0 aromatic heterocycles. The first-order valence-corrected chi connectivity index (χ1v) is 5.74. The molecule has 15 heavy (non-hydrogen) atoms. The van der Waals surface area contributed by atoms with Crippen LogP contribution in [-0.2, 0) is 4.79 Å². The van der Waals surface area contributed by atoms with Gasteiger partial charge in [0.25, 0.3) is 0 Å². The van der Waals surface area contributed by atoms with Crippen LogP contribution in [0.25, 0.3) is 0 Å². The van der Waals surface area contributed by atoms with E-state index in [0.29, 0.717) is 13.0 Å². The van der Waals surface area contributed by atoms with Gasteiger partial charge in [0.15, 0.2) is 0 Å². The molecule has 1 amide bonds. The van der Waals surface area contributed by atoms with E-state index in [1.54, 1.807) is 0 Å². The SMILES string of the molecule is Cc1ccc2c(c1Br)C(CCN)C(=O)N2. The lowest BCUT2D eigenvalue weighted by Crippen LogP contribution is -2.15. The molecule has 0 saturated heterocycles. The number of carbonyl (C=O) groups is 1. The monoisotopic (exact) mass is 268 g/mol. The third-order valence-corrected chi connectivity index (χ3v) is 3.80. The maximum atomic E-state index is 11.7. The lowest BCUT2D eigenvalue weighted by molar-refractivity contribution is -0.117. The summed E-state index contributed by atoms with van der Waals surface area (Å²) in [4.78, 5) is 11.7. The van der Waals surface area contributed by atoms with Crippen molar-refractivity contribution >= 4 is 27.5 Å². The quantitative estimate of drug-likeness (QED) is 0.864. The van der Waals surface area contributed by atoms with Crippen LogP contribution in [0, 0.1) is 6.92 Å². The van der Waals surface area contributed by atoms with Crippen molar-refractivity contribution in [1.29, 1.82) is 0 Å². The zero-order chi connectivity index (χ0) is 11.0. The Morgan fingerprint density at radius 2 is 2.27 bits per heavy atom. The Kier molecular flexibility index (Phi) is 2.80. The van der Waals surface area contributed by atoms with Crippen LogP contribution in [0.2, 0.25) is 0 Å². The highest BCUT2D eigenvalue weighted by Gasteiger charge is 2.31. The second-order valence-electron chi connectivity index (χ2n) is 3.78. The summed E-state index contributed by atoms with van der Waals surface area (Å²) >= 11 is 3.54. The van der Waals surface area contributed by atoms with Gasteiger partial charge in [-0.05, 0) is 31.5 Å². The summed E-state index contributed by atoms with van der Waals surface area (Å²) in [5.74, 6) is -0.0407. The van der Waals surface area contributed by atoms with E-state index >= 15 is 0 Å². The second-order valence-corrected chi connectivity index (χ2v) is 4.57. The number of hydrogen-bond acceptors (Lipinski definition) is 2. The fourth-order valence-electron chi connectivity index (χ4n) is 1.94. The molecule has 3 nitrogen and oxygen atoms in total. The van der Waals surface area contributed by atoms with E-state index < -0.39 is 0 Å². The largest absolute Gasteiger partial charge is 0.330 e. The van der Waals surface area contributed by atoms with E-state index in [4.69, 9.17) is 5.73 Å². The Morgan fingerprint density at radius 3 is 2.93 bits per heavy atom. The van der Waals surface area contributed by atoms with Gasteiger partial charge in [-0.1, -0.05) is 22.0 Å². The molecule has 0 saturated carbocycles. The summed E-state index contributed by atoms with van der Waals surface area (Å²) in [6.07, 6.45) is 0.695. The zero-order valence-electron chi connectivity index (χ0n) is 8.51. The van der Waals surface area contributed by atoms with E-state index in [1.165, 1.54) is 0 Å². The van der Waals surface area contributed by atoms with Gasteiger partial charge >= 0.3 is 0 Å². The van der Waals surface area contributed by atoms with Gasteiger partial charge in [0.1, 0.15) is 0 Å². The van der Waals surface area contributed by atoms with Crippen LogP contribution < -0.4 is 11.1 Å². The van der Waals surface area contributed by atoms with Crippen molar-refractivity contribution in [3.63, 3.8) is 0 Å². The average Bonchev–Trinajstić information content (AvgIpc) is 2.51. The van der Waals surface area contributed by atoms with Gasteiger partial charge < -0.3 is 11.1 Å². The van der Waals surface area contributed by atoms with E-state index in [2.05, 4.69) is 21.2 Å². The zero-order valence-corrected chi connectivity index (χ0v) is 10.1. The van der Waals surface area contributed by atoms with Crippen molar-refractivity contribution < 1.29 is 4.79 Å². The minimum absolute atomic E-state index is 0.0572. The third-order valence-electron chi connectivity index (χ3n) is 2.75. The number of fused-ring (bicyclic) bond motifs is 1. The first-order chi connectivity index (χ1) is 7.15. The van der Waals surface area contributed by atoms with Gasteiger partial charge in [-0.25, -0.2) is 0 Å². The molecule has 1 unspecified atom stereocenters. The number of nitrogens with two attached hydrogens (primary N) is 1. The molecule has 0 radical (unpaired) electrons. The number of hydrogen-bond donors (Lipinski definition) is 2. The molecule has 1 aliphatic rings. The Balaban J connectivity index is 2.50. The maximum Gasteiger partial charge on any atom is 0.232 e. The molecule has 1 aromatic carbocycles. The predicted molar refractivity (Wildman–Crippen MR) is 63.9 cm³/mol. The fraction of sp³-hybridized carbons (Fsp3) is 0.364. The highest BCUT2D eigenvalue weighted by Crippen LogP contribution is 2.40. The number of benzene rings is 1. The smallest absolute Gasteiger partial charge is 0.232 e. The number of amides is 1. The second kappa shape index (κ2) is 3.94. The molecule has 1 atom stereocenters. The number of rotatable bonds is 2. The van der Waals surface area contributed by atoms with Crippen molar-refractivity contribution in [3.05, 3.63) is 27.7 Å². The summed E-state index contributed by atoms with van der Waals surface area (Å²) in [6, 6.07) is 3.94. The van der Waals surface area contributed by atoms with Crippen molar-refractivity contribution in [3.8, 4) is 0 Å². The van der Waals surface area contributed by atoms with E-state index in [1.807, 2.05) is 19.1 Å². The lowest BCUT2D eigenvalue weighted by Gasteiger charge is -2.10. The van der Waals surface area contributed by atoms with Crippen LogP contribution in [0.1, 0.15) is 23.5 Å². The fourth-order valence-corrected chi connectivity index (χ4v) is 2.57. The molecule has 0 fully saturated rings. The molecule has 4 heteroatoms. The normalized spacial score (nSPS) is 18.9. The van der Waals surface area contributed by atoms with Crippen LogP contribution in [-0.4, -0.2) is 12.5 Å². The van der Waals surface area contributed by atoms with Crippen LogP contribution >= 0.6 is 15.9 Å². The van der Waals surface area contributed by atoms with Crippen molar-refractivity contribution in [2.24, 2.45) is 5.73 Å². The summed E-state index contributed by atoms with van der Waals surface area (Å²) in [5, 5.41) is 2.88. The number of halogens is 1. The van der Waals surface area contributed by atoms with Crippen molar-refractivity contribution in [1.82, 2.24) is 0 Å². The molecule has 0 aliphatic carbocycles. The van der Waals surface area contributed by atoms with E-state index in [0.717, 1.165) is 21.3 Å². The van der Waals surface area contributed by atoms with Crippen LogP contribution in [0.15, 0.2) is 16.6 Å². The van der Waals surface area contributed by atoms with E-state index in [-0.39, 0.29) is 11.8 Å². The molecule has 1 heterocycles. The Hall–Kier alpha value is -0.870. The molecule has 1 aliphatic heterocycles. The lowest BCUT2D eigenvalue weighted by atomic mass is 9.96. The number of nitrogens with one attached hydrogen (secondary N) is 1. The summed E-state index contributed by atoms with van der Waals surface area (Å²) in [5.41, 5.74) is 8.64. The molecule has 1 aromatic rings. The van der Waals surface area contributed by atoms with Crippen molar-refractivity contribution in [2.45, 2.75) is 19.3 Å². The Labute approximate surface area is 97.2 Å². The van der Waals surface area contributed by atoms with Gasteiger partial charge in [0, 0.05) is 15.7 Å². The number of aryl methyl sites for hydroxylation is 1. The minimum atomic E-state index is -0.0979. The van der Waals surface area contributed by atoms with Gasteiger partial charge in [0.2, 0.25) is 5.91 Å². The van der Waals surface area contributed by atoms with Crippen LogP contribution in [0.3, 0.4) is 0 Å². The van der Waals surface area contributed by atoms with Crippen LogP contribution in [0.5, 0.6) is 0 Å². The Bertz CT molecular complexity index is 417. The number of anilines is 1. The standard InChI is InChI=1S/C11H13BrN2O/c1-6-2-3-8-9(10(6)12)7(4-5-13)11(15)14-8/h2-3,7H,4-5,13H2,1H3,(H,14,15). The molecule has 2 rings (SSSR count). The third kappa shape index (κ3) is 1.68. The van der Waals surface area contributed by atoms with Crippen LogP contribution in [0.4, 0.5) is 5.69 Å². The summed E-state index contributed by atoms with van der Waals surface area (Å²) in [7, 11) is 0. The number of carbonyl (C=O) groups excluding carboxylic acids is 1. The van der Waals surface area contributed by atoms with Gasteiger partial charge in [-0.3, -0.25) is 4.79 Å². The molecule has 0 spiro atoms. The first kappa shape index (κ1) is 10.6. The average molecular weight is 269 g/mol. The molecule has 3 N–H and O–H groups in total. The topological polar surface area (TPSA) is 55.1 Å². The molecule has 80 valence electrons. The van der Waals surface area contributed by atoms with Gasteiger partial charge in [0.05, 0.1) is 5.92 Å². The first-order valence-electron chi connectivity index (χ1n) is 4.95. The van der Waals surface area contributed by atoms with Gasteiger partial charge in [-0.15, -0.1) is 0 Å². The van der Waals surface area contributed by atoms with Gasteiger partial charge in [-0.2, -0.15) is 0 Å². The predicted octanol–water partition coefficient (Wildman–Crippen LogP) is 2.14. The molecular weight excluding hydrogens is 256 g/mol. The summed E-state index contributed by atoms with van der Waals surface area (Å²) in [6.45, 7) is 2.55. The summed E-state index contributed by atoms with van der Waals surface area (Å²) < 4.78 is 1.02. The van der Waals surface area contributed by atoms with Crippen molar-refractivity contribution in [2.75, 3.05) is 11.9 Å². The molecular formula is C11H13BrN2O. The highest BCUT2D eigenvalue weighted by molar-refractivity contribution is 9.10. The maximum absolute atomic E-state index is 11.7. The Morgan fingerprint density at radius 1 is 1.53 bits per heavy atom.